The van der Waals surface area contributed by atoms with Crippen molar-refractivity contribution in [3.63, 3.8) is 0 Å². The van der Waals surface area contributed by atoms with Gasteiger partial charge in [-0.2, -0.15) is 0 Å². The third kappa shape index (κ3) is 4.14. The molecule has 0 unspecified atom stereocenters. The first-order valence-corrected chi connectivity index (χ1v) is 9.18. The van der Waals surface area contributed by atoms with E-state index in [1.807, 2.05) is 5.38 Å². The molecule has 0 aliphatic heterocycles. The highest BCUT2D eigenvalue weighted by Gasteiger charge is 2.21. The summed E-state index contributed by atoms with van der Waals surface area (Å²) in [5, 5.41) is 11.1. The van der Waals surface area contributed by atoms with E-state index >= 15 is 0 Å². The smallest absolute Gasteiger partial charge is 0.226 e. The van der Waals surface area contributed by atoms with Crippen molar-refractivity contribution in [2.75, 3.05) is 0 Å². The van der Waals surface area contributed by atoms with Gasteiger partial charge in [-0.05, 0) is 6.07 Å². The highest BCUT2D eigenvalue weighted by atomic mass is 32.2. The van der Waals surface area contributed by atoms with E-state index in [2.05, 4.69) is 45.9 Å². The lowest BCUT2D eigenvalue weighted by Crippen LogP contribution is -2.11. The molecule has 0 spiro atoms. The lowest BCUT2D eigenvalue weighted by Gasteiger charge is -2.10. The van der Waals surface area contributed by atoms with Gasteiger partial charge in [-0.15, -0.1) is 33.3 Å². The third-order valence-corrected chi connectivity index (χ3v) is 4.73. The first-order chi connectivity index (χ1) is 11.0. The minimum atomic E-state index is -0.116. The maximum atomic E-state index is 5.68. The zero-order valence-electron chi connectivity index (χ0n) is 13.2. The van der Waals surface area contributed by atoms with E-state index < -0.39 is 0 Å². The fourth-order valence-electron chi connectivity index (χ4n) is 1.74. The second kappa shape index (κ2) is 6.76. The van der Waals surface area contributed by atoms with Gasteiger partial charge in [0.25, 0.3) is 0 Å². The molecule has 0 fully saturated rings. The molecule has 3 aromatic rings. The van der Waals surface area contributed by atoms with Crippen molar-refractivity contribution in [3.8, 4) is 10.8 Å². The molecule has 0 bridgehead atoms. The number of nitrogens with zero attached hydrogens (tertiary/aromatic N) is 5. The monoisotopic (exact) mass is 347 g/mol. The molecule has 0 saturated carbocycles. The summed E-state index contributed by atoms with van der Waals surface area (Å²) in [5.41, 5.74) is 0.896. The Balaban J connectivity index is 1.55. The summed E-state index contributed by atoms with van der Waals surface area (Å²) in [5.74, 6) is 3.46. The van der Waals surface area contributed by atoms with Gasteiger partial charge < -0.3 is 4.42 Å². The van der Waals surface area contributed by atoms with Gasteiger partial charge in [0, 0.05) is 28.9 Å². The normalized spacial score (nSPS) is 11.8. The van der Waals surface area contributed by atoms with E-state index in [4.69, 9.17) is 4.42 Å². The molecule has 0 N–H and O–H groups in total. The molecule has 0 amide bonds. The van der Waals surface area contributed by atoms with Crippen molar-refractivity contribution in [2.24, 2.45) is 0 Å². The summed E-state index contributed by atoms with van der Waals surface area (Å²) in [4.78, 5) is 13.0. The maximum Gasteiger partial charge on any atom is 0.226 e. The molecular weight excluding hydrogens is 330 g/mol. The van der Waals surface area contributed by atoms with E-state index in [0.29, 0.717) is 23.4 Å². The lowest BCUT2D eigenvalue weighted by molar-refractivity contribution is 0.378. The number of thioether (sulfide) groups is 1. The second-order valence-electron chi connectivity index (χ2n) is 5.96. The van der Waals surface area contributed by atoms with Crippen molar-refractivity contribution in [2.45, 2.75) is 37.7 Å². The number of hydrogen-bond acceptors (Lipinski definition) is 8. The molecular formula is C15H17N5OS2. The van der Waals surface area contributed by atoms with Crippen molar-refractivity contribution < 1.29 is 4.42 Å². The van der Waals surface area contributed by atoms with E-state index in [9.17, 15) is 0 Å². The molecule has 0 atom stereocenters. The predicted octanol–water partition coefficient (Wildman–Crippen LogP) is 3.71. The topological polar surface area (TPSA) is 77.6 Å². The van der Waals surface area contributed by atoms with Crippen LogP contribution in [0, 0.1) is 0 Å². The highest BCUT2D eigenvalue weighted by molar-refractivity contribution is 7.97. The molecule has 0 saturated heterocycles. The van der Waals surface area contributed by atoms with Crippen molar-refractivity contribution >= 4 is 23.1 Å². The Kier molecular flexibility index (Phi) is 4.72. The number of aromatic nitrogens is 5. The second-order valence-corrected chi connectivity index (χ2v) is 7.80. The standard InChI is InChI=1S/C15H17N5OS2/c1-15(2,3)14-20-19-11(21-14)9-22-7-10-8-23-13(18-10)12-16-5-4-6-17-12/h4-6,8H,7,9H2,1-3H3. The van der Waals surface area contributed by atoms with Crippen molar-refractivity contribution in [3.05, 3.63) is 41.3 Å². The molecule has 6 nitrogen and oxygen atoms in total. The van der Waals surface area contributed by atoms with Crippen LogP contribution in [-0.2, 0) is 16.9 Å². The van der Waals surface area contributed by atoms with Crippen LogP contribution >= 0.6 is 23.1 Å². The lowest BCUT2D eigenvalue weighted by atomic mass is 9.97. The Morgan fingerprint density at radius 1 is 1.13 bits per heavy atom. The van der Waals surface area contributed by atoms with Crippen LogP contribution in [0.25, 0.3) is 10.8 Å². The Morgan fingerprint density at radius 2 is 1.91 bits per heavy atom. The highest BCUT2D eigenvalue weighted by Crippen LogP contribution is 2.25. The molecule has 0 radical (unpaired) electrons. The van der Waals surface area contributed by atoms with Crippen LogP contribution in [0.3, 0.4) is 0 Å². The first-order valence-electron chi connectivity index (χ1n) is 7.15. The summed E-state index contributed by atoms with van der Waals surface area (Å²) in [6, 6.07) is 1.80. The first kappa shape index (κ1) is 16.1. The zero-order chi connectivity index (χ0) is 16.3. The van der Waals surface area contributed by atoms with Crippen LogP contribution in [0.15, 0.2) is 28.3 Å². The summed E-state index contributed by atoms with van der Waals surface area (Å²) < 4.78 is 5.68. The Bertz CT molecular complexity index is 764. The Morgan fingerprint density at radius 3 is 2.61 bits per heavy atom. The van der Waals surface area contributed by atoms with Gasteiger partial charge in [0.2, 0.25) is 11.8 Å². The van der Waals surface area contributed by atoms with Crippen LogP contribution in [-0.4, -0.2) is 25.1 Å². The molecule has 0 aliphatic carbocycles. The van der Waals surface area contributed by atoms with Gasteiger partial charge in [-0.3, -0.25) is 0 Å². The van der Waals surface area contributed by atoms with Gasteiger partial charge in [-0.1, -0.05) is 20.8 Å². The minimum absolute atomic E-state index is 0.116. The van der Waals surface area contributed by atoms with Crippen LogP contribution in [0.1, 0.15) is 38.2 Å². The number of hydrogen-bond donors (Lipinski definition) is 0. The average molecular weight is 347 g/mol. The fourth-order valence-corrected chi connectivity index (χ4v) is 3.36. The van der Waals surface area contributed by atoms with Gasteiger partial charge in [0.05, 0.1) is 11.4 Å². The number of thiazole rings is 1. The van der Waals surface area contributed by atoms with E-state index in [1.165, 1.54) is 0 Å². The maximum absolute atomic E-state index is 5.68. The van der Waals surface area contributed by atoms with Gasteiger partial charge in [-0.25, -0.2) is 15.0 Å². The molecule has 0 aliphatic rings. The molecule has 23 heavy (non-hydrogen) atoms. The summed E-state index contributed by atoms with van der Waals surface area (Å²) in [6.45, 7) is 6.17. The summed E-state index contributed by atoms with van der Waals surface area (Å²) in [7, 11) is 0. The molecule has 3 aromatic heterocycles. The Hall–Kier alpha value is -1.80. The fraction of sp³-hybridized carbons (Fsp3) is 0.400. The SMILES string of the molecule is CC(C)(C)c1nnc(CSCc2csc(-c3ncccn3)n2)o1. The third-order valence-electron chi connectivity index (χ3n) is 2.89. The van der Waals surface area contributed by atoms with Crippen molar-refractivity contribution in [1.82, 2.24) is 25.1 Å². The van der Waals surface area contributed by atoms with Crippen LogP contribution in [0.2, 0.25) is 0 Å². The quantitative estimate of drug-likeness (QED) is 0.696. The Labute approximate surface area is 142 Å². The molecule has 0 aromatic carbocycles. The van der Waals surface area contributed by atoms with Gasteiger partial charge in [0.15, 0.2) is 10.8 Å². The summed E-state index contributed by atoms with van der Waals surface area (Å²) >= 11 is 3.25. The van der Waals surface area contributed by atoms with Crippen LogP contribution in [0.5, 0.6) is 0 Å². The molecule has 120 valence electrons. The zero-order valence-corrected chi connectivity index (χ0v) is 14.8. The molecule has 8 heteroatoms. The van der Waals surface area contributed by atoms with Crippen LogP contribution in [0.4, 0.5) is 0 Å². The predicted molar refractivity (Wildman–Crippen MR) is 91.1 cm³/mol. The van der Waals surface area contributed by atoms with E-state index in [0.717, 1.165) is 16.5 Å². The van der Waals surface area contributed by atoms with Gasteiger partial charge in [0.1, 0.15) is 0 Å². The van der Waals surface area contributed by atoms with E-state index in [1.54, 1.807) is 41.6 Å². The van der Waals surface area contributed by atoms with Crippen LogP contribution < -0.4 is 0 Å². The largest absolute Gasteiger partial charge is 0.424 e. The molecule has 3 heterocycles. The number of rotatable bonds is 5. The molecule has 3 rings (SSSR count). The van der Waals surface area contributed by atoms with Gasteiger partial charge >= 0.3 is 0 Å². The summed E-state index contributed by atoms with van der Waals surface area (Å²) in [6.07, 6.45) is 3.45. The average Bonchev–Trinajstić information content (AvgIpc) is 3.17. The van der Waals surface area contributed by atoms with E-state index in [-0.39, 0.29) is 5.41 Å². The minimum Gasteiger partial charge on any atom is -0.424 e. The van der Waals surface area contributed by atoms with Crippen molar-refractivity contribution in [1.29, 1.82) is 0 Å².